The van der Waals surface area contributed by atoms with Crippen LogP contribution in [0.4, 0.5) is 4.70 Å². The molecule has 38 valence electrons. The lowest BCUT2D eigenvalue weighted by atomic mass is 11.3. The van der Waals surface area contributed by atoms with E-state index in [0.29, 0.717) is 0 Å². The fourth-order valence-corrected chi connectivity index (χ4v) is 0. The molecule has 0 aromatic carbocycles. The van der Waals surface area contributed by atoms with Crippen LogP contribution in [0.25, 0.3) is 0 Å². The van der Waals surface area contributed by atoms with Crippen LogP contribution in [0.15, 0.2) is 0 Å². The van der Waals surface area contributed by atoms with Crippen molar-refractivity contribution in [3.63, 3.8) is 0 Å². The second-order valence-corrected chi connectivity index (χ2v) is 2.55. The molecule has 0 aromatic rings. The van der Waals surface area contributed by atoms with Crippen LogP contribution in [0.5, 0.6) is 0 Å². The summed E-state index contributed by atoms with van der Waals surface area (Å²) < 4.78 is 2.01. The van der Waals surface area contributed by atoms with Gasteiger partial charge in [0.25, 0.3) is 0 Å². The molecule has 0 heterocycles. The maximum absolute atomic E-state index is 3.25. The van der Waals surface area contributed by atoms with E-state index in [-0.39, 0.29) is 4.70 Å². The molecule has 0 saturated carbocycles. The van der Waals surface area contributed by atoms with Gasteiger partial charge in [0.15, 0.2) is 0 Å². The van der Waals surface area contributed by atoms with Crippen LogP contribution in [0.1, 0.15) is 0 Å². The van der Waals surface area contributed by atoms with Crippen molar-refractivity contribution in [3.8, 4) is 0 Å². The zero-order chi connectivity index (χ0) is 4.28. The third-order valence-corrected chi connectivity index (χ3v) is 1.80. The third-order valence-electron chi connectivity index (χ3n) is 0.200. The van der Waals surface area contributed by atoms with Crippen LogP contribution in [-0.4, -0.2) is 18.8 Å². The first-order valence-electron chi connectivity index (χ1n) is 1.32. The summed E-state index contributed by atoms with van der Waals surface area (Å²) >= 11 is 0. The first kappa shape index (κ1) is 9.70. The Morgan fingerprint density at radius 2 is 1.67 bits per heavy atom. The molecule has 0 aliphatic carbocycles. The van der Waals surface area contributed by atoms with Gasteiger partial charge in [0.1, 0.15) is 0 Å². The van der Waals surface area contributed by atoms with E-state index >= 15 is 0 Å². The largest absolute Gasteiger partial charge is 0.269 e. The average molecular weight is 127 g/mol. The summed E-state index contributed by atoms with van der Waals surface area (Å²) in [5.74, 6) is 0. The van der Waals surface area contributed by atoms with Crippen molar-refractivity contribution < 1.29 is 4.70 Å². The minimum absolute atomic E-state index is 0. The molecule has 0 aliphatic rings. The highest BCUT2D eigenvalue weighted by Crippen LogP contribution is 2.01. The normalized spacial score (nSPS) is 8.50. The molecule has 0 radical (unpaired) electrons. The van der Waals surface area contributed by atoms with Gasteiger partial charge in [-0.2, -0.15) is 0 Å². The Morgan fingerprint density at radius 1 is 1.50 bits per heavy atom. The Balaban J connectivity index is 0. The second-order valence-electron chi connectivity index (χ2n) is 0.947. The van der Waals surface area contributed by atoms with Gasteiger partial charge < -0.3 is 0 Å². The van der Waals surface area contributed by atoms with E-state index in [0.717, 1.165) is 8.02 Å². The standard InChI is InChI=1S/C2H7NP2.FH/c1-3(2)5-4;/h4H,1-2H3;1H. The molecule has 0 atom stereocenters. The Morgan fingerprint density at radius 3 is 1.67 bits per heavy atom. The maximum Gasteiger partial charge on any atom is 0.00620 e. The molecule has 0 rings (SSSR count). The number of hydrogen-bond donors (Lipinski definition) is 0. The van der Waals surface area contributed by atoms with Gasteiger partial charge in [-0.15, -0.1) is 0 Å². The van der Waals surface area contributed by atoms with Crippen molar-refractivity contribution in [2.24, 2.45) is 0 Å². The minimum atomic E-state index is 0. The molecule has 0 aromatic heterocycles. The average Bonchev–Trinajstić information content (AvgIpc) is 1.38. The molecule has 0 bridgehead atoms. The first-order valence-corrected chi connectivity index (χ1v) is 3.51. The fourth-order valence-electron chi connectivity index (χ4n) is 0. The van der Waals surface area contributed by atoms with Gasteiger partial charge in [-0.1, -0.05) is 8.53 Å². The highest BCUT2D eigenvalue weighted by atomic mass is 31.7. The Hall–Kier alpha value is 0.490. The second kappa shape index (κ2) is 5.49. The molecule has 1 nitrogen and oxygen atoms in total. The van der Waals surface area contributed by atoms with Gasteiger partial charge in [0, 0.05) is 8.02 Å². The van der Waals surface area contributed by atoms with Gasteiger partial charge in [0.2, 0.25) is 0 Å². The Kier molecular flexibility index (Phi) is 8.88. The van der Waals surface area contributed by atoms with Gasteiger partial charge in [0.05, 0.1) is 0 Å². The van der Waals surface area contributed by atoms with Crippen molar-refractivity contribution in [3.05, 3.63) is 0 Å². The van der Waals surface area contributed by atoms with Crippen molar-refractivity contribution in [1.82, 2.24) is 4.67 Å². The van der Waals surface area contributed by atoms with Crippen molar-refractivity contribution in [2.75, 3.05) is 14.1 Å². The maximum atomic E-state index is 3.25. The van der Waals surface area contributed by atoms with Crippen molar-refractivity contribution in [1.29, 1.82) is 0 Å². The number of nitrogens with zero attached hydrogens (tertiary/aromatic N) is 1. The predicted molar refractivity (Wildman–Crippen MR) is 31.4 cm³/mol. The Labute approximate surface area is 41.0 Å². The number of hydrogen-bond acceptors (Lipinski definition) is 0. The zero-order valence-corrected chi connectivity index (χ0v) is 5.70. The van der Waals surface area contributed by atoms with Gasteiger partial charge in [-0.25, -0.2) is 0 Å². The summed E-state index contributed by atoms with van der Waals surface area (Å²) in [5, 5.41) is 0. The summed E-state index contributed by atoms with van der Waals surface area (Å²) in [6.45, 7) is 0. The molecule has 0 saturated heterocycles. The lowest BCUT2D eigenvalue weighted by molar-refractivity contribution is 0.702. The van der Waals surface area contributed by atoms with Crippen molar-refractivity contribution in [2.45, 2.75) is 0 Å². The third kappa shape index (κ3) is 8.82. The van der Waals surface area contributed by atoms with Crippen LogP contribution in [0.3, 0.4) is 0 Å². The molecule has 0 N–H and O–H groups in total. The highest BCUT2D eigenvalue weighted by molar-refractivity contribution is 7.72. The Bertz CT molecular complexity index is 38.5. The number of rotatable bonds is 1. The molecular formula is C2H8FNP2. The summed E-state index contributed by atoms with van der Waals surface area (Å²) in [5.41, 5.74) is 0. The molecule has 4 heteroatoms. The van der Waals surface area contributed by atoms with E-state index in [1.165, 1.54) is 0 Å². The predicted octanol–water partition coefficient (Wildman–Crippen LogP) is 1.62. The molecular weight excluding hydrogens is 119 g/mol. The topological polar surface area (TPSA) is 3.24 Å². The monoisotopic (exact) mass is 127 g/mol. The van der Waals surface area contributed by atoms with Crippen LogP contribution >= 0.6 is 16.5 Å². The van der Waals surface area contributed by atoms with E-state index in [1.807, 2.05) is 18.8 Å². The summed E-state index contributed by atoms with van der Waals surface area (Å²) in [4.78, 5) is 0. The molecule has 0 spiro atoms. The lowest BCUT2D eigenvalue weighted by Crippen LogP contribution is -1.89. The van der Waals surface area contributed by atoms with E-state index in [9.17, 15) is 0 Å². The zero-order valence-electron chi connectivity index (χ0n) is 3.80. The van der Waals surface area contributed by atoms with Crippen LogP contribution < -0.4 is 0 Å². The SMILES string of the molecule is CN(C)P=P.F. The van der Waals surface area contributed by atoms with E-state index in [1.54, 1.807) is 0 Å². The number of halogens is 1. The molecule has 0 aliphatic heterocycles. The first-order chi connectivity index (χ1) is 2.27. The summed E-state index contributed by atoms with van der Waals surface area (Å²) in [6.07, 6.45) is 0. The lowest BCUT2D eigenvalue weighted by Gasteiger charge is -1.91. The highest BCUT2D eigenvalue weighted by Gasteiger charge is 1.67. The molecule has 0 fully saturated rings. The van der Waals surface area contributed by atoms with Crippen LogP contribution in [0, 0.1) is 0 Å². The minimum Gasteiger partial charge on any atom is -0.269 e. The quantitative estimate of drug-likeness (QED) is 0.484. The van der Waals surface area contributed by atoms with E-state index < -0.39 is 0 Å². The van der Waals surface area contributed by atoms with Gasteiger partial charge in [-0.3, -0.25) is 9.37 Å². The molecule has 6 heavy (non-hydrogen) atoms. The van der Waals surface area contributed by atoms with Crippen molar-refractivity contribution >= 4 is 16.5 Å². The molecule has 0 unspecified atom stereocenters. The van der Waals surface area contributed by atoms with Gasteiger partial charge in [-0.05, 0) is 14.1 Å². The van der Waals surface area contributed by atoms with E-state index in [2.05, 4.69) is 8.53 Å². The van der Waals surface area contributed by atoms with Gasteiger partial charge >= 0.3 is 0 Å². The van der Waals surface area contributed by atoms with Crippen LogP contribution in [0.2, 0.25) is 0 Å². The summed E-state index contributed by atoms with van der Waals surface area (Å²) in [7, 11) is 8.38. The summed E-state index contributed by atoms with van der Waals surface area (Å²) in [6, 6.07) is 0. The van der Waals surface area contributed by atoms with Crippen LogP contribution in [-0.2, 0) is 0 Å². The smallest absolute Gasteiger partial charge is 0.00620 e. The molecule has 0 amide bonds. The fraction of sp³-hybridized carbons (Fsp3) is 1.00. The van der Waals surface area contributed by atoms with E-state index in [4.69, 9.17) is 0 Å².